The van der Waals surface area contributed by atoms with Crippen molar-refractivity contribution in [3.05, 3.63) is 71.8 Å². The SMILES string of the molecule is Nc1ccccc1C(=O)C/C=C/c1ccccc1. The lowest BCUT2D eigenvalue weighted by Gasteiger charge is -2.01. The Balaban J connectivity index is 2.01. The fourth-order valence-corrected chi connectivity index (χ4v) is 1.73. The highest BCUT2D eigenvalue weighted by Gasteiger charge is 2.06. The molecule has 2 aromatic carbocycles. The molecule has 0 bridgehead atoms. The summed E-state index contributed by atoms with van der Waals surface area (Å²) in [5.41, 5.74) is 7.98. The summed E-state index contributed by atoms with van der Waals surface area (Å²) < 4.78 is 0. The summed E-state index contributed by atoms with van der Waals surface area (Å²) in [7, 11) is 0. The number of anilines is 1. The number of hydrogen-bond acceptors (Lipinski definition) is 2. The van der Waals surface area contributed by atoms with Crippen LogP contribution in [0.15, 0.2) is 60.7 Å². The predicted molar refractivity (Wildman–Crippen MR) is 75.3 cm³/mol. The van der Waals surface area contributed by atoms with E-state index in [2.05, 4.69) is 0 Å². The molecule has 2 N–H and O–H groups in total. The minimum atomic E-state index is 0.0419. The van der Waals surface area contributed by atoms with Gasteiger partial charge >= 0.3 is 0 Å². The minimum absolute atomic E-state index is 0.0419. The van der Waals surface area contributed by atoms with Gasteiger partial charge in [0, 0.05) is 17.7 Å². The maximum atomic E-state index is 11.9. The molecule has 18 heavy (non-hydrogen) atoms. The molecule has 0 radical (unpaired) electrons. The van der Waals surface area contributed by atoms with Crippen molar-refractivity contribution in [1.82, 2.24) is 0 Å². The van der Waals surface area contributed by atoms with E-state index in [4.69, 9.17) is 5.73 Å². The molecular formula is C16H15NO. The van der Waals surface area contributed by atoms with Crippen molar-refractivity contribution in [1.29, 1.82) is 0 Å². The first-order chi connectivity index (χ1) is 8.77. The van der Waals surface area contributed by atoms with E-state index in [0.717, 1.165) is 5.56 Å². The quantitative estimate of drug-likeness (QED) is 0.652. The molecule has 0 aliphatic heterocycles. The zero-order valence-corrected chi connectivity index (χ0v) is 10.0. The fraction of sp³-hybridized carbons (Fsp3) is 0.0625. The monoisotopic (exact) mass is 237 g/mol. The van der Waals surface area contributed by atoms with E-state index < -0.39 is 0 Å². The third kappa shape index (κ3) is 3.08. The van der Waals surface area contributed by atoms with Gasteiger partial charge in [0.1, 0.15) is 0 Å². The third-order valence-corrected chi connectivity index (χ3v) is 2.67. The molecule has 2 heteroatoms. The second-order valence-electron chi connectivity index (χ2n) is 4.03. The standard InChI is InChI=1S/C16H15NO/c17-15-11-5-4-10-14(15)16(18)12-6-9-13-7-2-1-3-8-13/h1-11H,12,17H2/b9-6+. The highest BCUT2D eigenvalue weighted by atomic mass is 16.1. The Hall–Kier alpha value is -2.35. The van der Waals surface area contributed by atoms with Crippen LogP contribution in [0.4, 0.5) is 5.69 Å². The smallest absolute Gasteiger partial charge is 0.168 e. The number of nitrogen functional groups attached to an aromatic ring is 1. The van der Waals surface area contributed by atoms with Crippen molar-refractivity contribution < 1.29 is 4.79 Å². The van der Waals surface area contributed by atoms with Gasteiger partial charge < -0.3 is 5.73 Å². The summed E-state index contributed by atoms with van der Waals surface area (Å²) in [6.45, 7) is 0. The van der Waals surface area contributed by atoms with Crippen LogP contribution in [0.5, 0.6) is 0 Å². The van der Waals surface area contributed by atoms with Gasteiger partial charge in [-0.1, -0.05) is 54.6 Å². The lowest BCUT2D eigenvalue weighted by molar-refractivity contribution is 0.0997. The predicted octanol–water partition coefficient (Wildman–Crippen LogP) is 3.56. The number of para-hydroxylation sites is 1. The third-order valence-electron chi connectivity index (χ3n) is 2.67. The van der Waals surface area contributed by atoms with E-state index in [1.807, 2.05) is 54.6 Å². The molecule has 0 aliphatic carbocycles. The zero-order chi connectivity index (χ0) is 12.8. The van der Waals surface area contributed by atoms with Crippen molar-refractivity contribution in [2.45, 2.75) is 6.42 Å². The second-order valence-corrected chi connectivity index (χ2v) is 4.03. The number of nitrogens with two attached hydrogens (primary N) is 1. The Bertz CT molecular complexity index is 558. The van der Waals surface area contributed by atoms with E-state index >= 15 is 0 Å². The average Bonchev–Trinajstić information content (AvgIpc) is 2.40. The summed E-state index contributed by atoms with van der Waals surface area (Å²) in [5, 5.41) is 0. The van der Waals surface area contributed by atoms with Crippen molar-refractivity contribution in [2.24, 2.45) is 0 Å². The van der Waals surface area contributed by atoms with Crippen molar-refractivity contribution in [3.63, 3.8) is 0 Å². The number of hydrogen-bond donors (Lipinski definition) is 1. The van der Waals surface area contributed by atoms with Crippen LogP contribution >= 0.6 is 0 Å². The minimum Gasteiger partial charge on any atom is -0.398 e. The van der Waals surface area contributed by atoms with Crippen LogP contribution < -0.4 is 5.73 Å². The maximum Gasteiger partial charge on any atom is 0.168 e. The highest BCUT2D eigenvalue weighted by Crippen LogP contribution is 2.13. The Morgan fingerprint density at radius 1 is 1.00 bits per heavy atom. The molecule has 0 aromatic heterocycles. The van der Waals surface area contributed by atoms with Crippen LogP contribution in [0.25, 0.3) is 6.08 Å². The molecule has 0 atom stereocenters. The average molecular weight is 237 g/mol. The first kappa shape index (κ1) is 12.1. The molecule has 0 fully saturated rings. The Kier molecular flexibility index (Phi) is 3.92. The van der Waals surface area contributed by atoms with E-state index in [9.17, 15) is 4.79 Å². The molecule has 90 valence electrons. The van der Waals surface area contributed by atoms with Gasteiger partial charge in [0.2, 0.25) is 0 Å². The van der Waals surface area contributed by atoms with Gasteiger partial charge in [0.05, 0.1) is 0 Å². The largest absolute Gasteiger partial charge is 0.398 e. The summed E-state index contributed by atoms with van der Waals surface area (Å²) in [6.07, 6.45) is 4.17. The summed E-state index contributed by atoms with van der Waals surface area (Å²) in [6, 6.07) is 17.1. The normalized spacial score (nSPS) is 10.7. The van der Waals surface area contributed by atoms with Gasteiger partial charge in [-0.3, -0.25) is 4.79 Å². The first-order valence-electron chi connectivity index (χ1n) is 5.86. The van der Waals surface area contributed by atoms with Crippen molar-refractivity contribution in [3.8, 4) is 0 Å². The van der Waals surface area contributed by atoms with E-state index in [0.29, 0.717) is 17.7 Å². The van der Waals surface area contributed by atoms with E-state index in [1.54, 1.807) is 12.1 Å². The lowest BCUT2D eigenvalue weighted by Crippen LogP contribution is -2.01. The molecule has 2 aromatic rings. The van der Waals surface area contributed by atoms with Gasteiger partial charge in [-0.05, 0) is 17.7 Å². The molecule has 0 saturated heterocycles. The number of allylic oxidation sites excluding steroid dienone is 1. The van der Waals surface area contributed by atoms with Gasteiger partial charge in [0.15, 0.2) is 5.78 Å². The molecule has 2 nitrogen and oxygen atoms in total. The number of Topliss-reactive ketones (excluding diaryl/α,β-unsaturated/α-hetero) is 1. The first-order valence-corrected chi connectivity index (χ1v) is 5.86. The van der Waals surface area contributed by atoms with Crippen LogP contribution in [0.1, 0.15) is 22.3 Å². The van der Waals surface area contributed by atoms with Crippen LogP contribution in [0.2, 0.25) is 0 Å². The van der Waals surface area contributed by atoms with Gasteiger partial charge in [-0.25, -0.2) is 0 Å². The van der Waals surface area contributed by atoms with Crippen LogP contribution in [-0.2, 0) is 0 Å². The summed E-state index contributed by atoms with van der Waals surface area (Å²) in [4.78, 5) is 11.9. The molecule has 0 heterocycles. The van der Waals surface area contributed by atoms with Crippen molar-refractivity contribution in [2.75, 3.05) is 5.73 Å². The molecular weight excluding hydrogens is 222 g/mol. The summed E-state index contributed by atoms with van der Waals surface area (Å²) >= 11 is 0. The van der Waals surface area contributed by atoms with Gasteiger partial charge in [0.25, 0.3) is 0 Å². The molecule has 2 rings (SSSR count). The van der Waals surface area contributed by atoms with Gasteiger partial charge in [-0.15, -0.1) is 0 Å². The van der Waals surface area contributed by atoms with Gasteiger partial charge in [-0.2, -0.15) is 0 Å². The molecule has 0 spiro atoms. The Morgan fingerprint density at radius 2 is 1.67 bits per heavy atom. The number of benzene rings is 2. The topological polar surface area (TPSA) is 43.1 Å². The number of rotatable bonds is 4. The molecule has 0 amide bonds. The van der Waals surface area contributed by atoms with Crippen molar-refractivity contribution >= 4 is 17.5 Å². The Labute approximate surface area is 107 Å². The van der Waals surface area contributed by atoms with Crippen LogP contribution in [-0.4, -0.2) is 5.78 Å². The Morgan fingerprint density at radius 3 is 2.39 bits per heavy atom. The van der Waals surface area contributed by atoms with Crippen LogP contribution in [0.3, 0.4) is 0 Å². The molecule has 0 saturated carbocycles. The summed E-state index contributed by atoms with van der Waals surface area (Å²) in [5.74, 6) is 0.0419. The zero-order valence-electron chi connectivity index (χ0n) is 10.0. The number of carbonyl (C=O) groups excluding carboxylic acids is 1. The number of carbonyl (C=O) groups is 1. The number of ketones is 1. The second kappa shape index (κ2) is 5.82. The van der Waals surface area contributed by atoms with E-state index in [-0.39, 0.29) is 5.78 Å². The molecule has 0 aliphatic rings. The highest BCUT2D eigenvalue weighted by molar-refractivity contribution is 6.01. The van der Waals surface area contributed by atoms with E-state index in [1.165, 1.54) is 0 Å². The fourth-order valence-electron chi connectivity index (χ4n) is 1.73. The van der Waals surface area contributed by atoms with Crippen LogP contribution in [0, 0.1) is 0 Å². The lowest BCUT2D eigenvalue weighted by atomic mass is 10.1. The maximum absolute atomic E-state index is 11.9. The molecule has 0 unspecified atom stereocenters.